The van der Waals surface area contributed by atoms with E-state index in [0.717, 1.165) is 23.9 Å². The minimum absolute atomic E-state index is 0.0705. The first-order valence-electron chi connectivity index (χ1n) is 8.38. The van der Waals surface area contributed by atoms with Crippen LogP contribution in [0.25, 0.3) is 0 Å². The fourth-order valence-electron chi connectivity index (χ4n) is 2.48. The molecular formula is C20H17F3N2O2S. The lowest BCUT2D eigenvalue weighted by atomic mass is 10.1. The third-order valence-corrected chi connectivity index (χ3v) is 5.12. The fourth-order valence-corrected chi connectivity index (χ4v) is 3.50. The number of amides is 1. The number of aromatic nitrogens is 1. The summed E-state index contributed by atoms with van der Waals surface area (Å²) in [7, 11) is 0. The van der Waals surface area contributed by atoms with Crippen molar-refractivity contribution in [2.45, 2.75) is 30.5 Å². The standard InChI is InChI=1S/C20H17F3N2O2S/c1-12-13(2)27-19(24-12)28-17(14-7-4-3-5-8-14)18(26)25-16-10-6-9-15(11-16)20(21,22)23/h3-11,17H,1-2H3,(H,25,26). The molecule has 1 heterocycles. The van der Waals surface area contributed by atoms with Gasteiger partial charge >= 0.3 is 6.18 Å². The topological polar surface area (TPSA) is 55.1 Å². The molecule has 2 aromatic carbocycles. The molecule has 0 aliphatic carbocycles. The lowest BCUT2D eigenvalue weighted by molar-refractivity contribution is -0.137. The molecule has 1 aromatic heterocycles. The van der Waals surface area contributed by atoms with Crippen molar-refractivity contribution in [3.8, 4) is 0 Å². The number of carbonyl (C=O) groups excluding carboxylic acids is 1. The second-order valence-corrected chi connectivity index (χ2v) is 7.15. The van der Waals surface area contributed by atoms with E-state index in [9.17, 15) is 18.0 Å². The summed E-state index contributed by atoms with van der Waals surface area (Å²) >= 11 is 1.10. The minimum Gasteiger partial charge on any atom is -0.437 e. The van der Waals surface area contributed by atoms with Gasteiger partial charge in [-0.3, -0.25) is 4.79 Å². The number of hydrogen-bond donors (Lipinski definition) is 1. The molecule has 0 fully saturated rings. The highest BCUT2D eigenvalue weighted by atomic mass is 32.2. The van der Waals surface area contributed by atoms with Crippen LogP contribution in [0.15, 0.2) is 64.2 Å². The second kappa shape index (κ2) is 8.10. The molecule has 0 spiro atoms. The van der Waals surface area contributed by atoms with E-state index in [4.69, 9.17) is 4.42 Å². The molecule has 8 heteroatoms. The number of halogens is 3. The first kappa shape index (κ1) is 20.0. The average molecular weight is 406 g/mol. The smallest absolute Gasteiger partial charge is 0.416 e. The van der Waals surface area contributed by atoms with Crippen molar-refractivity contribution in [3.63, 3.8) is 0 Å². The number of nitrogens with zero attached hydrogens (tertiary/aromatic N) is 1. The number of carbonyl (C=O) groups is 1. The van der Waals surface area contributed by atoms with Crippen LogP contribution in [0.1, 0.15) is 27.8 Å². The van der Waals surface area contributed by atoms with Crippen LogP contribution < -0.4 is 5.32 Å². The third kappa shape index (κ3) is 4.75. The van der Waals surface area contributed by atoms with E-state index < -0.39 is 22.9 Å². The molecule has 0 saturated heterocycles. The van der Waals surface area contributed by atoms with Crippen molar-refractivity contribution in [3.05, 3.63) is 77.2 Å². The van der Waals surface area contributed by atoms with E-state index >= 15 is 0 Å². The highest BCUT2D eigenvalue weighted by Gasteiger charge is 2.31. The summed E-state index contributed by atoms with van der Waals surface area (Å²) in [5, 5.41) is 2.15. The molecule has 0 aliphatic rings. The Balaban J connectivity index is 1.87. The number of thioether (sulfide) groups is 1. The number of hydrogen-bond acceptors (Lipinski definition) is 4. The van der Waals surface area contributed by atoms with Crippen LogP contribution in [0.5, 0.6) is 0 Å². The number of anilines is 1. The van der Waals surface area contributed by atoms with Crippen molar-refractivity contribution in [1.29, 1.82) is 0 Å². The summed E-state index contributed by atoms with van der Waals surface area (Å²) in [4.78, 5) is 17.2. The predicted molar refractivity (Wildman–Crippen MR) is 101 cm³/mol. The lowest BCUT2D eigenvalue weighted by Gasteiger charge is -2.16. The third-order valence-electron chi connectivity index (χ3n) is 4.03. The van der Waals surface area contributed by atoms with Crippen molar-refractivity contribution < 1.29 is 22.4 Å². The molecule has 28 heavy (non-hydrogen) atoms. The molecule has 3 aromatic rings. The molecule has 146 valence electrons. The van der Waals surface area contributed by atoms with Gasteiger partial charge in [0.2, 0.25) is 5.91 Å². The lowest BCUT2D eigenvalue weighted by Crippen LogP contribution is -2.19. The molecule has 0 saturated carbocycles. The van der Waals surface area contributed by atoms with Crippen LogP contribution >= 0.6 is 11.8 Å². The first-order chi connectivity index (χ1) is 13.2. The van der Waals surface area contributed by atoms with Gasteiger partial charge in [-0.2, -0.15) is 13.2 Å². The predicted octanol–water partition coefficient (Wildman–Crippen LogP) is 5.78. The highest BCUT2D eigenvalue weighted by Crippen LogP contribution is 2.37. The van der Waals surface area contributed by atoms with Crippen LogP contribution in [0.4, 0.5) is 18.9 Å². The number of aryl methyl sites for hydroxylation is 2. The van der Waals surface area contributed by atoms with Crippen molar-refractivity contribution >= 4 is 23.4 Å². The van der Waals surface area contributed by atoms with Crippen molar-refractivity contribution in [1.82, 2.24) is 4.98 Å². The fraction of sp³-hybridized carbons (Fsp3) is 0.200. The van der Waals surface area contributed by atoms with Gasteiger partial charge in [0.1, 0.15) is 11.0 Å². The van der Waals surface area contributed by atoms with E-state index in [2.05, 4.69) is 10.3 Å². The molecule has 1 unspecified atom stereocenters. The van der Waals surface area contributed by atoms with Crippen molar-refractivity contribution in [2.75, 3.05) is 5.32 Å². The van der Waals surface area contributed by atoms with Crippen molar-refractivity contribution in [2.24, 2.45) is 0 Å². The average Bonchev–Trinajstić information content (AvgIpc) is 2.97. The van der Waals surface area contributed by atoms with Gasteiger partial charge < -0.3 is 9.73 Å². The van der Waals surface area contributed by atoms with Crippen LogP contribution in [-0.2, 0) is 11.0 Å². The van der Waals surface area contributed by atoms with Gasteiger partial charge in [-0.1, -0.05) is 36.4 Å². The molecule has 1 atom stereocenters. The van der Waals surface area contributed by atoms with E-state index in [0.29, 0.717) is 22.2 Å². The highest BCUT2D eigenvalue weighted by molar-refractivity contribution is 8.00. The second-order valence-electron chi connectivity index (χ2n) is 6.10. The summed E-state index contributed by atoms with van der Waals surface area (Å²) in [5.41, 5.74) is 0.646. The maximum Gasteiger partial charge on any atom is 0.416 e. The molecule has 0 bridgehead atoms. The Kier molecular flexibility index (Phi) is 5.79. The molecule has 4 nitrogen and oxygen atoms in total. The molecule has 1 N–H and O–H groups in total. The largest absolute Gasteiger partial charge is 0.437 e. The Labute approximate surface area is 164 Å². The maximum absolute atomic E-state index is 12.9. The quantitative estimate of drug-likeness (QED) is 0.546. The number of benzene rings is 2. The zero-order valence-corrected chi connectivity index (χ0v) is 15.9. The van der Waals surface area contributed by atoms with Crippen LogP contribution in [0.3, 0.4) is 0 Å². The number of oxazole rings is 1. The molecule has 3 rings (SSSR count). The Morgan fingerprint density at radius 1 is 1.11 bits per heavy atom. The van der Waals surface area contributed by atoms with Gasteiger partial charge in [0.15, 0.2) is 0 Å². The summed E-state index contributed by atoms with van der Waals surface area (Å²) in [5.74, 6) is 0.177. The van der Waals surface area contributed by atoms with Crippen LogP contribution in [-0.4, -0.2) is 10.9 Å². The van der Waals surface area contributed by atoms with Gasteiger partial charge in [0.05, 0.1) is 11.3 Å². The van der Waals surface area contributed by atoms with E-state index in [1.54, 1.807) is 38.1 Å². The number of alkyl halides is 3. The first-order valence-corrected chi connectivity index (χ1v) is 9.26. The number of nitrogens with one attached hydrogen (secondary N) is 1. The zero-order chi connectivity index (χ0) is 20.3. The van der Waals surface area contributed by atoms with Gasteiger partial charge in [-0.25, -0.2) is 4.98 Å². The molecular weight excluding hydrogens is 389 g/mol. The monoisotopic (exact) mass is 406 g/mol. The SMILES string of the molecule is Cc1nc(SC(C(=O)Nc2cccc(C(F)(F)F)c2)c2ccccc2)oc1C. The number of rotatable bonds is 5. The minimum atomic E-state index is -4.48. The van der Waals surface area contributed by atoms with Gasteiger partial charge in [0, 0.05) is 5.69 Å². The molecule has 1 amide bonds. The molecule has 0 aliphatic heterocycles. The summed E-state index contributed by atoms with van der Waals surface area (Å²) in [6.45, 7) is 3.57. The Hall–Kier alpha value is -2.74. The Bertz CT molecular complexity index is 952. The van der Waals surface area contributed by atoms with Gasteiger partial charge in [0.25, 0.3) is 5.22 Å². The normalized spacial score (nSPS) is 12.6. The molecule has 0 radical (unpaired) electrons. The van der Waals surface area contributed by atoms with Gasteiger partial charge in [-0.05, 0) is 49.4 Å². The Morgan fingerprint density at radius 3 is 2.43 bits per heavy atom. The summed E-state index contributed by atoms with van der Waals surface area (Å²) in [6.07, 6.45) is -4.48. The maximum atomic E-state index is 12.9. The summed E-state index contributed by atoms with van der Waals surface area (Å²) < 4.78 is 44.3. The van der Waals surface area contributed by atoms with E-state index in [1.165, 1.54) is 12.1 Å². The summed E-state index contributed by atoms with van der Waals surface area (Å²) in [6, 6.07) is 13.5. The van der Waals surface area contributed by atoms with Crippen LogP contribution in [0.2, 0.25) is 0 Å². The van der Waals surface area contributed by atoms with E-state index in [1.807, 2.05) is 6.07 Å². The zero-order valence-electron chi connectivity index (χ0n) is 15.1. The van der Waals surface area contributed by atoms with E-state index in [-0.39, 0.29) is 5.69 Å². The van der Waals surface area contributed by atoms with Crippen LogP contribution in [0, 0.1) is 13.8 Å². The van der Waals surface area contributed by atoms with Gasteiger partial charge in [-0.15, -0.1) is 0 Å². The Morgan fingerprint density at radius 2 is 1.82 bits per heavy atom.